The van der Waals surface area contributed by atoms with Gasteiger partial charge in [-0.05, 0) is 30.8 Å². The van der Waals surface area contributed by atoms with Crippen molar-refractivity contribution in [2.75, 3.05) is 0 Å². The lowest BCUT2D eigenvalue weighted by Gasteiger charge is -2.15. The quantitative estimate of drug-likeness (QED) is 0.689. The zero-order valence-corrected chi connectivity index (χ0v) is 10.5. The lowest BCUT2D eigenvalue weighted by Crippen LogP contribution is -2.24. The second kappa shape index (κ2) is 4.88. The molecule has 0 aliphatic heterocycles. The summed E-state index contributed by atoms with van der Waals surface area (Å²) in [5, 5.41) is -4.10. The number of para-hydroxylation sites is 1. The van der Waals surface area contributed by atoms with Crippen LogP contribution in [0.4, 0.5) is 17.6 Å². The van der Waals surface area contributed by atoms with Crippen molar-refractivity contribution in [3.8, 4) is 0 Å². The van der Waals surface area contributed by atoms with E-state index in [2.05, 4.69) is 4.98 Å². The van der Waals surface area contributed by atoms with E-state index in [0.29, 0.717) is 5.52 Å². The number of fused-ring (bicyclic) bond motifs is 1. The van der Waals surface area contributed by atoms with E-state index in [1.54, 1.807) is 18.2 Å². The predicted octanol–water partition coefficient (Wildman–Crippen LogP) is 3.79. The Labute approximate surface area is 109 Å². The first-order valence-electron chi connectivity index (χ1n) is 5.29. The van der Waals surface area contributed by atoms with Crippen LogP contribution in [0.25, 0.3) is 10.9 Å². The lowest BCUT2D eigenvalue weighted by atomic mass is 10.2. The van der Waals surface area contributed by atoms with Gasteiger partial charge in [0.2, 0.25) is 5.43 Å². The Morgan fingerprint density at radius 1 is 1.26 bits per heavy atom. The first kappa shape index (κ1) is 13.9. The molecule has 0 amide bonds. The van der Waals surface area contributed by atoms with E-state index in [-0.39, 0.29) is 16.0 Å². The summed E-state index contributed by atoms with van der Waals surface area (Å²) in [6.07, 6.45) is -3.83. The number of rotatable bonds is 3. The number of aryl methyl sites for hydroxylation is 1. The van der Waals surface area contributed by atoms with Gasteiger partial charge < -0.3 is 4.98 Å². The van der Waals surface area contributed by atoms with Crippen LogP contribution < -0.4 is 5.43 Å². The third-order valence-electron chi connectivity index (χ3n) is 2.53. The molecular formula is C12H9F4NOS. The molecule has 0 fully saturated rings. The number of aromatic nitrogens is 1. The molecule has 102 valence electrons. The highest BCUT2D eigenvalue weighted by Crippen LogP contribution is 2.40. The zero-order chi connectivity index (χ0) is 14.2. The lowest BCUT2D eigenvalue weighted by molar-refractivity contribution is -0.0564. The fraction of sp³-hybridized carbons (Fsp3) is 0.250. The zero-order valence-electron chi connectivity index (χ0n) is 9.72. The molecule has 0 bridgehead atoms. The number of alkyl halides is 4. The van der Waals surface area contributed by atoms with Crippen LogP contribution >= 0.6 is 11.8 Å². The summed E-state index contributed by atoms with van der Waals surface area (Å²) >= 11 is -0.405. The third kappa shape index (κ3) is 2.60. The molecule has 0 atom stereocenters. The maximum Gasteiger partial charge on any atom is 0.357 e. The monoisotopic (exact) mass is 291 g/mol. The molecule has 2 rings (SSSR count). The molecule has 7 heteroatoms. The van der Waals surface area contributed by atoms with E-state index in [9.17, 15) is 22.4 Å². The van der Waals surface area contributed by atoms with Gasteiger partial charge in [0.1, 0.15) is 0 Å². The van der Waals surface area contributed by atoms with Gasteiger partial charge in [-0.15, -0.1) is 0 Å². The van der Waals surface area contributed by atoms with Crippen molar-refractivity contribution in [1.82, 2.24) is 4.98 Å². The molecular weight excluding hydrogens is 282 g/mol. The molecule has 2 aromatic rings. The van der Waals surface area contributed by atoms with Crippen LogP contribution in [-0.2, 0) is 0 Å². The second-order valence-corrected chi connectivity index (χ2v) is 5.08. The number of hydrogen-bond donors (Lipinski definition) is 1. The van der Waals surface area contributed by atoms with Gasteiger partial charge in [0, 0.05) is 16.6 Å². The standard InChI is InChI=1S/C12H9F4NOS/c1-6-10(19-12(15,16)11(13)14)9(18)7-4-2-3-5-8(7)17-6/h2-5,11H,1H3,(H,17,18). The van der Waals surface area contributed by atoms with Gasteiger partial charge in [-0.3, -0.25) is 4.79 Å². The van der Waals surface area contributed by atoms with Crippen molar-refractivity contribution >= 4 is 22.7 Å². The Bertz CT molecular complexity index is 668. The fourth-order valence-electron chi connectivity index (χ4n) is 1.65. The third-order valence-corrected chi connectivity index (χ3v) is 3.68. The Morgan fingerprint density at radius 3 is 2.53 bits per heavy atom. The number of H-pyrrole nitrogens is 1. The largest absolute Gasteiger partial charge is 0.357 e. The topological polar surface area (TPSA) is 32.9 Å². The Morgan fingerprint density at radius 2 is 1.89 bits per heavy atom. The minimum Gasteiger partial charge on any atom is -0.357 e. The molecule has 1 N–H and O–H groups in total. The van der Waals surface area contributed by atoms with Crippen LogP contribution in [0.3, 0.4) is 0 Å². The van der Waals surface area contributed by atoms with Crippen LogP contribution in [-0.4, -0.2) is 16.7 Å². The summed E-state index contributed by atoms with van der Waals surface area (Å²) in [5.74, 6) is 0. The van der Waals surface area contributed by atoms with Gasteiger partial charge in [-0.25, -0.2) is 8.78 Å². The van der Waals surface area contributed by atoms with E-state index in [4.69, 9.17) is 0 Å². The highest BCUT2D eigenvalue weighted by molar-refractivity contribution is 8.00. The molecule has 1 aromatic heterocycles. The summed E-state index contributed by atoms with van der Waals surface area (Å²) in [7, 11) is 0. The molecule has 0 saturated carbocycles. The molecule has 2 nitrogen and oxygen atoms in total. The molecule has 1 aromatic carbocycles. The predicted molar refractivity (Wildman–Crippen MR) is 66.1 cm³/mol. The fourth-order valence-corrected chi connectivity index (χ4v) is 2.41. The number of halogens is 4. The van der Waals surface area contributed by atoms with E-state index in [1.807, 2.05) is 0 Å². The molecule has 0 saturated heterocycles. The van der Waals surface area contributed by atoms with E-state index in [1.165, 1.54) is 13.0 Å². The van der Waals surface area contributed by atoms with Crippen LogP contribution in [0.5, 0.6) is 0 Å². The average Bonchev–Trinajstić information content (AvgIpc) is 2.34. The highest BCUT2D eigenvalue weighted by atomic mass is 32.2. The summed E-state index contributed by atoms with van der Waals surface area (Å²) in [6.45, 7) is 1.40. The van der Waals surface area contributed by atoms with Gasteiger partial charge in [-0.1, -0.05) is 12.1 Å². The first-order chi connectivity index (χ1) is 8.83. The van der Waals surface area contributed by atoms with Crippen molar-refractivity contribution in [2.45, 2.75) is 23.5 Å². The smallest absolute Gasteiger partial charge is 0.357 e. The van der Waals surface area contributed by atoms with Crippen molar-refractivity contribution in [3.63, 3.8) is 0 Å². The van der Waals surface area contributed by atoms with Gasteiger partial charge in [0.25, 0.3) is 0 Å². The normalized spacial score (nSPS) is 12.3. The SMILES string of the molecule is Cc1[nH]c2ccccc2c(=O)c1SC(F)(F)C(F)F. The first-order valence-corrected chi connectivity index (χ1v) is 6.11. The van der Waals surface area contributed by atoms with E-state index < -0.39 is 28.9 Å². The van der Waals surface area contributed by atoms with Crippen LogP contribution in [0.2, 0.25) is 0 Å². The number of nitrogens with one attached hydrogen (secondary N) is 1. The summed E-state index contributed by atoms with van der Waals surface area (Å²) in [4.78, 5) is 14.4. The summed E-state index contributed by atoms with van der Waals surface area (Å²) in [5.41, 5.74) is -0.0408. The van der Waals surface area contributed by atoms with Gasteiger partial charge in [0.05, 0.1) is 4.90 Å². The number of thioether (sulfide) groups is 1. The van der Waals surface area contributed by atoms with Crippen molar-refractivity contribution in [2.24, 2.45) is 0 Å². The number of hydrogen-bond acceptors (Lipinski definition) is 2. The van der Waals surface area contributed by atoms with Crippen LogP contribution in [0, 0.1) is 6.92 Å². The molecule has 1 heterocycles. The molecule has 0 radical (unpaired) electrons. The average molecular weight is 291 g/mol. The minimum atomic E-state index is -4.29. The van der Waals surface area contributed by atoms with Crippen molar-refractivity contribution < 1.29 is 17.6 Å². The Hall–Kier alpha value is -1.50. The maximum absolute atomic E-state index is 13.1. The van der Waals surface area contributed by atoms with Crippen LogP contribution in [0.15, 0.2) is 34.0 Å². The molecule has 0 aliphatic rings. The van der Waals surface area contributed by atoms with E-state index >= 15 is 0 Å². The summed E-state index contributed by atoms with van der Waals surface area (Å²) in [6, 6.07) is 6.33. The second-order valence-electron chi connectivity index (χ2n) is 3.92. The summed E-state index contributed by atoms with van der Waals surface area (Å²) < 4.78 is 50.5. The molecule has 19 heavy (non-hydrogen) atoms. The number of benzene rings is 1. The van der Waals surface area contributed by atoms with Crippen molar-refractivity contribution in [1.29, 1.82) is 0 Å². The van der Waals surface area contributed by atoms with E-state index in [0.717, 1.165) is 0 Å². The number of pyridine rings is 1. The van der Waals surface area contributed by atoms with Crippen LogP contribution in [0.1, 0.15) is 5.69 Å². The Balaban J connectivity index is 2.59. The Kier molecular flexibility index (Phi) is 3.58. The molecule has 0 spiro atoms. The number of aromatic amines is 1. The minimum absolute atomic E-state index is 0.147. The maximum atomic E-state index is 13.1. The molecule has 0 aliphatic carbocycles. The van der Waals surface area contributed by atoms with Gasteiger partial charge in [-0.2, -0.15) is 8.78 Å². The van der Waals surface area contributed by atoms with Gasteiger partial charge in [0.15, 0.2) is 0 Å². The molecule has 0 unspecified atom stereocenters. The van der Waals surface area contributed by atoms with Crippen molar-refractivity contribution in [3.05, 3.63) is 40.2 Å². The van der Waals surface area contributed by atoms with Gasteiger partial charge >= 0.3 is 11.7 Å². The highest BCUT2D eigenvalue weighted by Gasteiger charge is 2.43.